The lowest BCUT2D eigenvalue weighted by Gasteiger charge is -2.02. The molecule has 0 saturated carbocycles. The summed E-state index contributed by atoms with van der Waals surface area (Å²) in [4.78, 5) is 16.2. The summed E-state index contributed by atoms with van der Waals surface area (Å²) in [6.45, 7) is 0. The highest BCUT2D eigenvalue weighted by Crippen LogP contribution is 2.24. The van der Waals surface area contributed by atoms with Gasteiger partial charge in [-0.3, -0.25) is 9.48 Å². The van der Waals surface area contributed by atoms with Gasteiger partial charge in [0, 0.05) is 24.5 Å². The molecule has 5 heteroatoms. The van der Waals surface area contributed by atoms with Crippen molar-refractivity contribution < 1.29 is 4.79 Å². The number of nitrogens with zero attached hydrogens (tertiary/aromatic N) is 3. The van der Waals surface area contributed by atoms with Crippen LogP contribution in [0.1, 0.15) is 28.2 Å². The Kier molecular flexibility index (Phi) is 2.59. The highest BCUT2D eigenvalue weighted by Gasteiger charge is 2.25. The van der Waals surface area contributed by atoms with Crippen molar-refractivity contribution in [3.63, 3.8) is 0 Å². The number of aromatic nitrogens is 3. The van der Waals surface area contributed by atoms with Gasteiger partial charge in [0.05, 0.1) is 0 Å². The zero-order chi connectivity index (χ0) is 12.5. The van der Waals surface area contributed by atoms with Crippen LogP contribution in [0.4, 0.5) is 5.82 Å². The van der Waals surface area contributed by atoms with Crippen molar-refractivity contribution in [2.24, 2.45) is 7.05 Å². The first-order chi connectivity index (χ1) is 8.75. The van der Waals surface area contributed by atoms with Crippen LogP contribution in [-0.2, 0) is 19.9 Å². The SMILES string of the molecule is Cn1nc(C(=O)Nc2ccccn2)c2c1CCC2. The lowest BCUT2D eigenvalue weighted by atomic mass is 10.2. The van der Waals surface area contributed by atoms with Crippen molar-refractivity contribution >= 4 is 11.7 Å². The maximum absolute atomic E-state index is 12.2. The highest BCUT2D eigenvalue weighted by molar-refractivity contribution is 6.03. The number of carbonyl (C=O) groups is 1. The Morgan fingerprint density at radius 3 is 3.06 bits per heavy atom. The van der Waals surface area contributed by atoms with Gasteiger partial charge in [0.15, 0.2) is 5.69 Å². The van der Waals surface area contributed by atoms with E-state index >= 15 is 0 Å². The van der Waals surface area contributed by atoms with E-state index in [1.165, 1.54) is 5.69 Å². The highest BCUT2D eigenvalue weighted by atomic mass is 16.2. The molecule has 2 heterocycles. The summed E-state index contributed by atoms with van der Waals surface area (Å²) < 4.78 is 1.82. The zero-order valence-electron chi connectivity index (χ0n) is 10.2. The van der Waals surface area contributed by atoms with Crippen LogP contribution in [0.5, 0.6) is 0 Å². The first-order valence-electron chi connectivity index (χ1n) is 6.03. The molecule has 1 N–H and O–H groups in total. The van der Waals surface area contributed by atoms with Crippen molar-refractivity contribution in [3.05, 3.63) is 41.3 Å². The number of carbonyl (C=O) groups excluding carboxylic acids is 1. The molecule has 1 amide bonds. The molecule has 0 saturated heterocycles. The van der Waals surface area contributed by atoms with E-state index in [1.807, 2.05) is 23.9 Å². The molecule has 5 nitrogen and oxygen atoms in total. The number of aryl methyl sites for hydroxylation is 1. The van der Waals surface area contributed by atoms with Crippen molar-refractivity contribution in [2.75, 3.05) is 5.32 Å². The van der Waals surface area contributed by atoms with Crippen LogP contribution in [-0.4, -0.2) is 20.7 Å². The molecule has 0 bridgehead atoms. The molecule has 0 unspecified atom stereocenters. The van der Waals surface area contributed by atoms with E-state index in [0.717, 1.165) is 24.8 Å². The lowest BCUT2D eigenvalue weighted by molar-refractivity contribution is 0.102. The number of pyridine rings is 1. The molecular formula is C13H14N4O. The fourth-order valence-electron chi connectivity index (χ4n) is 2.41. The van der Waals surface area contributed by atoms with Crippen LogP contribution in [0.3, 0.4) is 0 Å². The van der Waals surface area contributed by atoms with Gasteiger partial charge in [0.2, 0.25) is 0 Å². The molecule has 0 fully saturated rings. The molecule has 0 atom stereocenters. The van der Waals surface area contributed by atoms with Gasteiger partial charge in [0.25, 0.3) is 5.91 Å². The Balaban J connectivity index is 1.88. The Bertz CT molecular complexity index is 589. The molecular weight excluding hydrogens is 228 g/mol. The van der Waals surface area contributed by atoms with Crippen molar-refractivity contribution in [3.8, 4) is 0 Å². The van der Waals surface area contributed by atoms with Crippen LogP contribution in [0.15, 0.2) is 24.4 Å². The summed E-state index contributed by atoms with van der Waals surface area (Å²) >= 11 is 0. The molecule has 2 aromatic rings. The molecule has 3 rings (SSSR count). The molecule has 0 spiro atoms. The first kappa shape index (κ1) is 11.0. The first-order valence-corrected chi connectivity index (χ1v) is 6.03. The van der Waals surface area contributed by atoms with Gasteiger partial charge in [0.1, 0.15) is 5.82 Å². The minimum Gasteiger partial charge on any atom is -0.305 e. The van der Waals surface area contributed by atoms with Crippen molar-refractivity contribution in [1.29, 1.82) is 0 Å². The second kappa shape index (κ2) is 4.25. The Morgan fingerprint density at radius 2 is 2.28 bits per heavy atom. The van der Waals surface area contributed by atoms with Crippen LogP contribution in [0, 0.1) is 0 Å². The number of rotatable bonds is 2. The predicted molar refractivity (Wildman–Crippen MR) is 67.4 cm³/mol. The van der Waals surface area contributed by atoms with Gasteiger partial charge in [-0.25, -0.2) is 4.98 Å². The fourth-order valence-corrected chi connectivity index (χ4v) is 2.41. The third kappa shape index (κ3) is 1.77. The molecule has 0 aromatic carbocycles. The third-order valence-corrected chi connectivity index (χ3v) is 3.24. The van der Waals surface area contributed by atoms with E-state index in [1.54, 1.807) is 12.3 Å². The van der Waals surface area contributed by atoms with E-state index in [2.05, 4.69) is 15.4 Å². The predicted octanol–water partition coefficient (Wildman–Crippen LogP) is 1.56. The molecule has 1 aliphatic rings. The number of amides is 1. The van der Waals surface area contributed by atoms with Crippen LogP contribution in [0.25, 0.3) is 0 Å². The maximum atomic E-state index is 12.2. The summed E-state index contributed by atoms with van der Waals surface area (Å²) in [6.07, 6.45) is 4.70. The van der Waals surface area contributed by atoms with Gasteiger partial charge < -0.3 is 5.32 Å². The summed E-state index contributed by atoms with van der Waals surface area (Å²) in [5.41, 5.74) is 2.81. The van der Waals surface area contributed by atoms with Gasteiger partial charge in [-0.1, -0.05) is 6.07 Å². The van der Waals surface area contributed by atoms with Gasteiger partial charge in [-0.05, 0) is 31.4 Å². The van der Waals surface area contributed by atoms with E-state index in [4.69, 9.17) is 0 Å². The number of hydrogen-bond acceptors (Lipinski definition) is 3. The Hall–Kier alpha value is -2.17. The molecule has 2 aromatic heterocycles. The minimum atomic E-state index is -0.174. The Labute approximate surface area is 105 Å². The van der Waals surface area contributed by atoms with Crippen LogP contribution < -0.4 is 5.32 Å². The average molecular weight is 242 g/mol. The number of hydrogen-bond donors (Lipinski definition) is 1. The quantitative estimate of drug-likeness (QED) is 0.869. The Morgan fingerprint density at radius 1 is 1.39 bits per heavy atom. The number of nitrogens with one attached hydrogen (secondary N) is 1. The van der Waals surface area contributed by atoms with E-state index in [-0.39, 0.29) is 5.91 Å². The van der Waals surface area contributed by atoms with Gasteiger partial charge >= 0.3 is 0 Å². The smallest absolute Gasteiger partial charge is 0.277 e. The minimum absolute atomic E-state index is 0.174. The average Bonchev–Trinajstić information content (AvgIpc) is 2.95. The normalized spacial score (nSPS) is 13.4. The summed E-state index contributed by atoms with van der Waals surface area (Å²) in [6, 6.07) is 5.42. The lowest BCUT2D eigenvalue weighted by Crippen LogP contribution is -2.15. The van der Waals surface area contributed by atoms with Crippen LogP contribution >= 0.6 is 0 Å². The molecule has 92 valence electrons. The van der Waals surface area contributed by atoms with Crippen LogP contribution in [0.2, 0.25) is 0 Å². The molecule has 18 heavy (non-hydrogen) atoms. The van der Waals surface area contributed by atoms with E-state index < -0.39 is 0 Å². The van der Waals surface area contributed by atoms with Gasteiger partial charge in [-0.15, -0.1) is 0 Å². The van der Waals surface area contributed by atoms with Crippen molar-refractivity contribution in [2.45, 2.75) is 19.3 Å². The second-order valence-electron chi connectivity index (χ2n) is 4.42. The molecule has 0 aliphatic heterocycles. The molecule has 0 radical (unpaired) electrons. The van der Waals surface area contributed by atoms with E-state index in [0.29, 0.717) is 11.5 Å². The standard InChI is InChI=1S/C13H14N4O/c1-17-10-6-4-5-9(10)12(16-17)13(18)15-11-7-2-3-8-14-11/h2-3,7-8H,4-6H2,1H3,(H,14,15,18). The maximum Gasteiger partial charge on any atom is 0.277 e. The largest absolute Gasteiger partial charge is 0.305 e. The number of fused-ring (bicyclic) bond motifs is 1. The summed E-state index contributed by atoms with van der Waals surface area (Å²) in [5, 5.41) is 7.08. The fraction of sp³-hybridized carbons (Fsp3) is 0.308. The van der Waals surface area contributed by atoms with Crippen molar-refractivity contribution in [1.82, 2.24) is 14.8 Å². The third-order valence-electron chi connectivity index (χ3n) is 3.24. The van der Waals surface area contributed by atoms with E-state index in [9.17, 15) is 4.79 Å². The summed E-state index contributed by atoms with van der Waals surface area (Å²) in [7, 11) is 1.89. The molecule has 1 aliphatic carbocycles. The number of anilines is 1. The summed E-state index contributed by atoms with van der Waals surface area (Å²) in [5.74, 6) is 0.382. The monoisotopic (exact) mass is 242 g/mol. The van der Waals surface area contributed by atoms with Gasteiger partial charge in [-0.2, -0.15) is 5.10 Å². The second-order valence-corrected chi connectivity index (χ2v) is 4.42. The topological polar surface area (TPSA) is 59.8 Å². The zero-order valence-corrected chi connectivity index (χ0v) is 10.2.